The van der Waals surface area contributed by atoms with Crippen LogP contribution in [0.1, 0.15) is 6.42 Å². The molecule has 1 atom stereocenters. The van der Waals surface area contributed by atoms with Crippen LogP contribution in [0.25, 0.3) is 0 Å². The van der Waals surface area contributed by atoms with E-state index in [1.165, 1.54) is 0 Å². The minimum absolute atomic E-state index is 0.532. The molecule has 0 aliphatic carbocycles. The van der Waals surface area contributed by atoms with Gasteiger partial charge in [0.1, 0.15) is 5.76 Å². The van der Waals surface area contributed by atoms with Crippen LogP contribution in [0.4, 0.5) is 0 Å². The summed E-state index contributed by atoms with van der Waals surface area (Å²) in [6.07, 6.45) is 3.08. The van der Waals surface area contributed by atoms with Gasteiger partial charge in [-0.3, -0.25) is 0 Å². The van der Waals surface area contributed by atoms with E-state index in [1.54, 1.807) is 0 Å². The second-order valence-electron chi connectivity index (χ2n) is 3.18. The van der Waals surface area contributed by atoms with Crippen LogP contribution in [-0.2, 0) is 4.84 Å². The number of piperazine rings is 1. The molecule has 0 spiro atoms. The van der Waals surface area contributed by atoms with Crippen LogP contribution < -0.4 is 16.1 Å². The first-order valence-electron chi connectivity index (χ1n) is 4.48. The van der Waals surface area contributed by atoms with Crippen molar-refractivity contribution in [3.63, 3.8) is 0 Å². The zero-order chi connectivity index (χ0) is 8.23. The second-order valence-corrected chi connectivity index (χ2v) is 3.18. The van der Waals surface area contributed by atoms with Crippen molar-refractivity contribution in [1.29, 1.82) is 0 Å². The van der Waals surface area contributed by atoms with Crippen LogP contribution in [-0.4, -0.2) is 32.2 Å². The molecule has 0 aromatic rings. The molecule has 4 heteroatoms. The predicted molar refractivity (Wildman–Crippen MR) is 46.4 cm³/mol. The summed E-state index contributed by atoms with van der Waals surface area (Å²) in [6.45, 7) is 4.02. The number of rotatable bonds is 2. The summed E-state index contributed by atoms with van der Waals surface area (Å²) in [5.74, 6) is 1.07. The van der Waals surface area contributed by atoms with Crippen LogP contribution >= 0.6 is 0 Å². The van der Waals surface area contributed by atoms with Gasteiger partial charge in [0.15, 0.2) is 0 Å². The van der Waals surface area contributed by atoms with Crippen molar-refractivity contribution in [2.75, 3.05) is 26.2 Å². The highest BCUT2D eigenvalue weighted by molar-refractivity contribution is 5.01. The molecule has 1 saturated heterocycles. The van der Waals surface area contributed by atoms with Crippen molar-refractivity contribution in [2.45, 2.75) is 12.5 Å². The molecule has 12 heavy (non-hydrogen) atoms. The van der Waals surface area contributed by atoms with Crippen molar-refractivity contribution >= 4 is 0 Å². The summed E-state index contributed by atoms with van der Waals surface area (Å²) >= 11 is 0. The maximum Gasteiger partial charge on any atom is 0.123 e. The van der Waals surface area contributed by atoms with Gasteiger partial charge in [0.05, 0.1) is 6.54 Å². The standard InChI is InChI=1S/C8H15N3O/c1-2-11-12-8(1)5-7-6-9-3-4-10-7/h1,7,9-11H,2-6H2. The monoisotopic (exact) mass is 169 g/mol. The summed E-state index contributed by atoms with van der Waals surface area (Å²) in [7, 11) is 0. The summed E-state index contributed by atoms with van der Waals surface area (Å²) in [4.78, 5) is 5.20. The van der Waals surface area contributed by atoms with E-state index < -0.39 is 0 Å². The minimum Gasteiger partial charge on any atom is -0.413 e. The lowest BCUT2D eigenvalue weighted by Crippen LogP contribution is -2.48. The van der Waals surface area contributed by atoms with E-state index in [-0.39, 0.29) is 0 Å². The molecular weight excluding hydrogens is 154 g/mol. The number of nitrogens with one attached hydrogen (secondary N) is 3. The number of hydrogen-bond acceptors (Lipinski definition) is 4. The van der Waals surface area contributed by atoms with Crippen molar-refractivity contribution in [3.8, 4) is 0 Å². The SMILES string of the molecule is C1=C(CC2CNCCN2)ONC1. The molecule has 2 heterocycles. The van der Waals surface area contributed by atoms with Crippen LogP contribution in [0.3, 0.4) is 0 Å². The zero-order valence-corrected chi connectivity index (χ0v) is 7.10. The Morgan fingerprint density at radius 1 is 1.50 bits per heavy atom. The molecule has 2 aliphatic rings. The molecule has 0 saturated carbocycles. The van der Waals surface area contributed by atoms with Gasteiger partial charge in [0, 0.05) is 32.1 Å². The normalized spacial score (nSPS) is 29.7. The van der Waals surface area contributed by atoms with Crippen LogP contribution in [0.5, 0.6) is 0 Å². The third-order valence-electron chi connectivity index (χ3n) is 2.19. The topological polar surface area (TPSA) is 45.3 Å². The largest absolute Gasteiger partial charge is 0.413 e. The highest BCUT2D eigenvalue weighted by atomic mass is 16.7. The quantitative estimate of drug-likeness (QED) is 0.514. The van der Waals surface area contributed by atoms with Gasteiger partial charge in [0.2, 0.25) is 0 Å². The Balaban J connectivity index is 1.77. The fraction of sp³-hybridized carbons (Fsp3) is 0.750. The lowest BCUT2D eigenvalue weighted by Gasteiger charge is -2.24. The summed E-state index contributed by atoms with van der Waals surface area (Å²) in [6, 6.07) is 0.532. The van der Waals surface area contributed by atoms with Gasteiger partial charge in [0.25, 0.3) is 0 Å². The maximum absolute atomic E-state index is 5.20. The molecule has 0 aromatic carbocycles. The third-order valence-corrected chi connectivity index (χ3v) is 2.19. The van der Waals surface area contributed by atoms with Gasteiger partial charge in [-0.25, -0.2) is 0 Å². The molecule has 4 nitrogen and oxygen atoms in total. The highest BCUT2D eigenvalue weighted by Gasteiger charge is 2.16. The van der Waals surface area contributed by atoms with Gasteiger partial charge in [-0.1, -0.05) is 0 Å². The van der Waals surface area contributed by atoms with Crippen LogP contribution in [0.15, 0.2) is 11.8 Å². The van der Waals surface area contributed by atoms with E-state index in [4.69, 9.17) is 4.84 Å². The first-order valence-corrected chi connectivity index (χ1v) is 4.48. The van der Waals surface area contributed by atoms with E-state index in [1.807, 2.05) is 0 Å². The molecule has 2 rings (SSSR count). The van der Waals surface area contributed by atoms with E-state index >= 15 is 0 Å². The second kappa shape index (κ2) is 3.89. The van der Waals surface area contributed by atoms with Crippen LogP contribution in [0.2, 0.25) is 0 Å². The van der Waals surface area contributed by atoms with Crippen molar-refractivity contribution in [3.05, 3.63) is 11.8 Å². The van der Waals surface area contributed by atoms with Crippen molar-refractivity contribution in [2.24, 2.45) is 0 Å². The van der Waals surface area contributed by atoms with E-state index in [0.29, 0.717) is 6.04 Å². The average Bonchev–Trinajstić information content (AvgIpc) is 2.59. The van der Waals surface area contributed by atoms with Gasteiger partial charge < -0.3 is 15.5 Å². The average molecular weight is 169 g/mol. The Labute approximate surface area is 72.3 Å². The predicted octanol–water partition coefficient (Wildman–Crippen LogP) is -0.643. The van der Waals surface area contributed by atoms with Gasteiger partial charge >= 0.3 is 0 Å². The van der Waals surface area contributed by atoms with Gasteiger partial charge in [-0.05, 0) is 6.08 Å². The Kier molecular flexibility index (Phi) is 2.60. The lowest BCUT2D eigenvalue weighted by atomic mass is 10.1. The molecule has 1 fully saturated rings. The molecule has 0 radical (unpaired) electrons. The molecule has 0 aromatic heterocycles. The summed E-state index contributed by atoms with van der Waals surface area (Å²) in [5.41, 5.74) is 2.82. The molecule has 2 aliphatic heterocycles. The maximum atomic E-state index is 5.20. The van der Waals surface area contributed by atoms with Gasteiger partial charge in [-0.2, -0.15) is 5.48 Å². The fourth-order valence-corrected chi connectivity index (χ4v) is 1.56. The summed E-state index contributed by atoms with van der Waals surface area (Å²) < 4.78 is 0. The van der Waals surface area contributed by atoms with Crippen LogP contribution in [0, 0.1) is 0 Å². The Bertz CT molecular complexity index is 175. The molecule has 68 valence electrons. The molecule has 0 bridgehead atoms. The summed E-state index contributed by atoms with van der Waals surface area (Å²) in [5, 5.41) is 6.78. The van der Waals surface area contributed by atoms with Crippen molar-refractivity contribution in [1.82, 2.24) is 16.1 Å². The molecular formula is C8H15N3O. The highest BCUT2D eigenvalue weighted by Crippen LogP contribution is 2.09. The van der Waals surface area contributed by atoms with Crippen molar-refractivity contribution < 1.29 is 4.84 Å². The van der Waals surface area contributed by atoms with E-state index in [0.717, 1.165) is 38.4 Å². The Hall–Kier alpha value is -0.580. The molecule has 3 N–H and O–H groups in total. The fourth-order valence-electron chi connectivity index (χ4n) is 1.56. The van der Waals surface area contributed by atoms with Gasteiger partial charge in [-0.15, -0.1) is 0 Å². The Morgan fingerprint density at radius 2 is 2.50 bits per heavy atom. The molecule has 1 unspecified atom stereocenters. The van der Waals surface area contributed by atoms with E-state index in [9.17, 15) is 0 Å². The first kappa shape index (κ1) is 8.04. The number of hydroxylamine groups is 1. The Morgan fingerprint density at radius 3 is 3.17 bits per heavy atom. The first-order chi connectivity index (χ1) is 5.95. The molecule has 0 amide bonds. The lowest BCUT2D eigenvalue weighted by molar-refractivity contribution is 0.126. The zero-order valence-electron chi connectivity index (χ0n) is 7.10. The minimum atomic E-state index is 0.532. The third kappa shape index (κ3) is 1.97. The van der Waals surface area contributed by atoms with E-state index in [2.05, 4.69) is 22.2 Å². The smallest absolute Gasteiger partial charge is 0.123 e. The number of hydrogen-bond donors (Lipinski definition) is 3.